The summed E-state index contributed by atoms with van der Waals surface area (Å²) in [6.07, 6.45) is 4.22. The highest BCUT2D eigenvalue weighted by atomic mass is 79.9. The molecule has 0 amide bonds. The molecule has 1 N–H and O–H groups in total. The maximum atomic E-state index is 4.49. The number of hydrogen-bond acceptors (Lipinski definition) is 4. The third-order valence-corrected chi connectivity index (χ3v) is 3.18. The van der Waals surface area contributed by atoms with Crippen LogP contribution in [-0.2, 0) is 0 Å². The van der Waals surface area contributed by atoms with Crippen LogP contribution in [0.5, 0.6) is 0 Å². The molecule has 1 fully saturated rings. The van der Waals surface area contributed by atoms with E-state index in [-0.39, 0.29) is 0 Å². The average Bonchev–Trinajstić information content (AvgIpc) is 2.88. The molecule has 2 aromatic heterocycles. The summed E-state index contributed by atoms with van der Waals surface area (Å²) in [4.78, 5) is 11.0. The molecule has 3 rings (SSSR count). The minimum atomic E-state index is 0.796. The molecule has 0 bridgehead atoms. The zero-order chi connectivity index (χ0) is 10.3. The third-order valence-electron chi connectivity index (χ3n) is 2.63. The molecular weight excluding hydrogens is 258 g/mol. The first-order valence-corrected chi connectivity index (χ1v) is 5.75. The van der Waals surface area contributed by atoms with Gasteiger partial charge in [0.2, 0.25) is 5.95 Å². The van der Waals surface area contributed by atoms with Crippen molar-refractivity contribution in [1.82, 2.24) is 20.2 Å². The molecule has 0 aliphatic carbocycles. The number of H-pyrrole nitrogens is 1. The molecular formula is C9H10BrN5. The van der Waals surface area contributed by atoms with Crippen molar-refractivity contribution in [3.63, 3.8) is 0 Å². The topological polar surface area (TPSA) is 57.7 Å². The van der Waals surface area contributed by atoms with E-state index in [9.17, 15) is 0 Å². The lowest BCUT2D eigenvalue weighted by atomic mass is 10.4. The summed E-state index contributed by atoms with van der Waals surface area (Å²) >= 11 is 3.38. The van der Waals surface area contributed by atoms with Gasteiger partial charge in [0.05, 0.1) is 6.20 Å². The highest BCUT2D eigenvalue weighted by Gasteiger charge is 2.16. The van der Waals surface area contributed by atoms with Crippen molar-refractivity contribution in [2.75, 3.05) is 18.0 Å². The van der Waals surface area contributed by atoms with Crippen molar-refractivity contribution in [3.05, 3.63) is 10.8 Å². The lowest BCUT2D eigenvalue weighted by Gasteiger charge is -2.13. The highest BCUT2D eigenvalue weighted by Crippen LogP contribution is 2.22. The van der Waals surface area contributed by atoms with Crippen LogP contribution in [0, 0.1) is 0 Å². The van der Waals surface area contributed by atoms with Crippen LogP contribution < -0.4 is 4.90 Å². The van der Waals surface area contributed by atoms with E-state index in [1.165, 1.54) is 12.8 Å². The van der Waals surface area contributed by atoms with Crippen LogP contribution in [0.4, 0.5) is 5.95 Å². The lowest BCUT2D eigenvalue weighted by Crippen LogP contribution is -2.20. The molecule has 1 saturated heterocycles. The zero-order valence-electron chi connectivity index (χ0n) is 8.07. The Morgan fingerprint density at radius 1 is 1.33 bits per heavy atom. The van der Waals surface area contributed by atoms with Crippen molar-refractivity contribution < 1.29 is 0 Å². The third kappa shape index (κ3) is 1.49. The summed E-state index contributed by atoms with van der Waals surface area (Å²) in [6, 6.07) is 0. The van der Waals surface area contributed by atoms with E-state index >= 15 is 0 Å². The van der Waals surface area contributed by atoms with E-state index in [2.05, 4.69) is 41.0 Å². The van der Waals surface area contributed by atoms with Gasteiger partial charge < -0.3 is 4.90 Å². The first kappa shape index (κ1) is 9.08. The normalized spacial score (nSPS) is 16.5. The average molecular weight is 268 g/mol. The molecule has 1 aliphatic rings. The van der Waals surface area contributed by atoms with Crippen LogP contribution in [0.2, 0.25) is 0 Å². The molecule has 0 radical (unpaired) electrons. The quantitative estimate of drug-likeness (QED) is 0.855. The molecule has 0 unspecified atom stereocenters. The fourth-order valence-electron chi connectivity index (χ4n) is 1.84. The Labute approximate surface area is 95.0 Å². The van der Waals surface area contributed by atoms with Gasteiger partial charge >= 0.3 is 0 Å². The molecule has 0 atom stereocenters. The van der Waals surface area contributed by atoms with Crippen molar-refractivity contribution in [2.24, 2.45) is 0 Å². The highest BCUT2D eigenvalue weighted by molar-refractivity contribution is 9.10. The van der Waals surface area contributed by atoms with Gasteiger partial charge in [0.1, 0.15) is 15.6 Å². The molecule has 0 spiro atoms. The smallest absolute Gasteiger partial charge is 0.226 e. The van der Waals surface area contributed by atoms with Crippen molar-refractivity contribution in [3.8, 4) is 0 Å². The summed E-state index contributed by atoms with van der Waals surface area (Å²) in [7, 11) is 0. The van der Waals surface area contributed by atoms with Gasteiger partial charge in [-0.3, -0.25) is 5.10 Å². The number of halogens is 1. The van der Waals surface area contributed by atoms with Gasteiger partial charge in [-0.1, -0.05) is 0 Å². The molecule has 1 aliphatic heterocycles. The molecule has 5 nitrogen and oxygen atoms in total. The number of fused-ring (bicyclic) bond motifs is 1. The van der Waals surface area contributed by atoms with Gasteiger partial charge in [-0.05, 0) is 28.8 Å². The molecule has 0 aromatic carbocycles. The van der Waals surface area contributed by atoms with Gasteiger partial charge in [-0.25, -0.2) is 9.97 Å². The Hall–Kier alpha value is -1.17. The van der Waals surface area contributed by atoms with Crippen LogP contribution in [0.25, 0.3) is 11.0 Å². The summed E-state index contributed by atoms with van der Waals surface area (Å²) in [5.74, 6) is 0.808. The molecule has 2 aromatic rings. The molecule has 6 heteroatoms. The Kier molecular flexibility index (Phi) is 2.09. The lowest BCUT2D eigenvalue weighted by molar-refractivity contribution is 0.907. The Bertz CT molecular complexity index is 488. The van der Waals surface area contributed by atoms with Crippen molar-refractivity contribution in [1.29, 1.82) is 0 Å². The minimum Gasteiger partial charge on any atom is -0.341 e. The van der Waals surface area contributed by atoms with Gasteiger partial charge in [0.15, 0.2) is 0 Å². The maximum Gasteiger partial charge on any atom is 0.226 e. The van der Waals surface area contributed by atoms with Crippen molar-refractivity contribution in [2.45, 2.75) is 12.8 Å². The summed E-state index contributed by atoms with van der Waals surface area (Å²) in [6.45, 7) is 2.11. The number of aromatic nitrogens is 4. The van der Waals surface area contributed by atoms with E-state index < -0.39 is 0 Å². The van der Waals surface area contributed by atoms with Crippen LogP contribution in [-0.4, -0.2) is 33.3 Å². The van der Waals surface area contributed by atoms with Gasteiger partial charge in [-0.2, -0.15) is 5.10 Å². The monoisotopic (exact) mass is 267 g/mol. The SMILES string of the molecule is Brc1[nH]nc2cnc(N3CCCC3)nc12. The van der Waals surface area contributed by atoms with E-state index in [0.29, 0.717) is 0 Å². The number of rotatable bonds is 1. The first-order valence-electron chi connectivity index (χ1n) is 4.96. The minimum absolute atomic E-state index is 0.796. The zero-order valence-corrected chi connectivity index (χ0v) is 9.66. The van der Waals surface area contributed by atoms with Crippen LogP contribution in [0.1, 0.15) is 12.8 Å². The van der Waals surface area contributed by atoms with E-state index in [1.54, 1.807) is 6.20 Å². The van der Waals surface area contributed by atoms with E-state index in [1.807, 2.05) is 0 Å². The van der Waals surface area contributed by atoms with E-state index in [0.717, 1.165) is 34.7 Å². The van der Waals surface area contributed by atoms with E-state index in [4.69, 9.17) is 0 Å². The Morgan fingerprint density at radius 3 is 2.93 bits per heavy atom. The summed E-state index contributed by atoms with van der Waals surface area (Å²) in [5, 5.41) is 6.91. The van der Waals surface area contributed by atoms with Gasteiger partial charge in [-0.15, -0.1) is 0 Å². The maximum absolute atomic E-state index is 4.49. The first-order chi connectivity index (χ1) is 7.34. The molecule has 15 heavy (non-hydrogen) atoms. The van der Waals surface area contributed by atoms with Crippen LogP contribution in [0.3, 0.4) is 0 Å². The molecule has 78 valence electrons. The Balaban J connectivity index is 2.08. The predicted molar refractivity (Wildman–Crippen MR) is 60.8 cm³/mol. The van der Waals surface area contributed by atoms with Crippen LogP contribution >= 0.6 is 15.9 Å². The number of hydrogen-bond donors (Lipinski definition) is 1. The standard InChI is InChI=1S/C9H10BrN5/c10-8-7-6(13-14-8)5-11-9(12-7)15-3-1-2-4-15/h5H,1-4H2,(H,13,14). The Morgan fingerprint density at radius 2 is 2.13 bits per heavy atom. The molecule has 0 saturated carbocycles. The fourth-order valence-corrected chi connectivity index (χ4v) is 2.22. The van der Waals surface area contributed by atoms with Gasteiger partial charge in [0, 0.05) is 13.1 Å². The van der Waals surface area contributed by atoms with Gasteiger partial charge in [0.25, 0.3) is 0 Å². The predicted octanol–water partition coefficient (Wildman–Crippen LogP) is 1.72. The van der Waals surface area contributed by atoms with Crippen molar-refractivity contribution >= 4 is 32.9 Å². The summed E-state index contributed by atoms with van der Waals surface area (Å²) < 4.78 is 0.820. The number of nitrogens with one attached hydrogen (secondary N) is 1. The fraction of sp³-hybridized carbons (Fsp3) is 0.444. The second kappa shape index (κ2) is 3.44. The summed E-state index contributed by atoms with van der Waals surface area (Å²) in [5.41, 5.74) is 1.65. The molecule has 3 heterocycles. The largest absolute Gasteiger partial charge is 0.341 e. The van der Waals surface area contributed by atoms with Crippen LogP contribution in [0.15, 0.2) is 10.8 Å². The number of anilines is 1. The number of aromatic amines is 1. The second-order valence-corrected chi connectivity index (χ2v) is 4.43. The second-order valence-electron chi connectivity index (χ2n) is 3.64. The number of nitrogens with zero attached hydrogens (tertiary/aromatic N) is 4.